The van der Waals surface area contributed by atoms with E-state index in [0.717, 1.165) is 12.1 Å². The lowest BCUT2D eigenvalue weighted by Gasteiger charge is -2.01. The van der Waals surface area contributed by atoms with Gasteiger partial charge in [-0.05, 0) is 19.2 Å². The summed E-state index contributed by atoms with van der Waals surface area (Å²) in [4.78, 5) is 0. The summed E-state index contributed by atoms with van der Waals surface area (Å²) >= 11 is 0. The van der Waals surface area contributed by atoms with Crippen LogP contribution in [0.4, 0.5) is 8.78 Å². The summed E-state index contributed by atoms with van der Waals surface area (Å²) in [5, 5.41) is 11.5. The second kappa shape index (κ2) is 5.44. The molecule has 2 N–H and O–H groups in total. The first kappa shape index (κ1) is 11.6. The Balaban J connectivity index is 3.00. The Kier molecular flexibility index (Phi) is 4.22. The molecule has 2 nitrogen and oxygen atoms in total. The fraction of sp³-hybridized carbons (Fsp3) is 0.273. The lowest BCUT2D eigenvalue weighted by atomic mass is 10.1. The number of halogens is 2. The molecule has 1 aromatic carbocycles. The van der Waals surface area contributed by atoms with Gasteiger partial charge in [0.2, 0.25) is 0 Å². The van der Waals surface area contributed by atoms with E-state index in [9.17, 15) is 8.78 Å². The predicted octanol–water partition coefficient (Wildman–Crippen LogP) is 1.03. The molecule has 0 spiro atoms. The summed E-state index contributed by atoms with van der Waals surface area (Å²) < 4.78 is 26.3. The Morgan fingerprint density at radius 2 is 1.93 bits per heavy atom. The zero-order chi connectivity index (χ0) is 11.3. The molecule has 80 valence electrons. The molecule has 0 saturated heterocycles. The van der Waals surface area contributed by atoms with Crippen molar-refractivity contribution in [2.45, 2.75) is 6.61 Å². The zero-order valence-electron chi connectivity index (χ0n) is 8.27. The summed E-state index contributed by atoms with van der Waals surface area (Å²) in [7, 11) is 1.73. The molecule has 4 heteroatoms. The number of hydrogen-bond donors (Lipinski definition) is 2. The lowest BCUT2D eigenvalue weighted by molar-refractivity contribution is 0.269. The van der Waals surface area contributed by atoms with Crippen LogP contribution in [-0.2, 0) is 6.61 Å². The van der Waals surface area contributed by atoms with Crippen LogP contribution >= 0.6 is 0 Å². The maximum Gasteiger partial charge on any atom is 0.132 e. The number of benzene rings is 1. The van der Waals surface area contributed by atoms with E-state index in [1.807, 2.05) is 0 Å². The fourth-order valence-corrected chi connectivity index (χ4v) is 1.06. The van der Waals surface area contributed by atoms with Gasteiger partial charge < -0.3 is 10.4 Å². The Labute approximate surface area is 86.9 Å². The number of rotatable bonds is 2. The van der Waals surface area contributed by atoms with Gasteiger partial charge in [0.1, 0.15) is 11.6 Å². The molecule has 1 aromatic rings. The molecule has 15 heavy (non-hydrogen) atoms. The van der Waals surface area contributed by atoms with Gasteiger partial charge in [-0.2, -0.15) is 0 Å². The van der Waals surface area contributed by atoms with Crippen LogP contribution in [-0.4, -0.2) is 18.7 Å². The predicted molar refractivity (Wildman–Crippen MR) is 53.1 cm³/mol. The molecule has 0 aliphatic rings. The van der Waals surface area contributed by atoms with Crippen molar-refractivity contribution in [3.8, 4) is 11.8 Å². The van der Waals surface area contributed by atoms with Crippen molar-refractivity contribution < 1.29 is 13.9 Å². The third-order valence-corrected chi connectivity index (χ3v) is 1.80. The van der Waals surface area contributed by atoms with E-state index < -0.39 is 18.2 Å². The zero-order valence-corrected chi connectivity index (χ0v) is 8.27. The molecule has 0 aliphatic heterocycles. The normalized spacial score (nSPS) is 9.60. The van der Waals surface area contributed by atoms with Gasteiger partial charge in [-0.3, -0.25) is 0 Å². The van der Waals surface area contributed by atoms with Crippen molar-refractivity contribution >= 4 is 0 Å². The summed E-state index contributed by atoms with van der Waals surface area (Å²) in [5.41, 5.74) is -0.0633. The number of nitrogens with one attached hydrogen (secondary N) is 1. The van der Waals surface area contributed by atoms with Crippen LogP contribution in [0.15, 0.2) is 12.1 Å². The van der Waals surface area contributed by atoms with E-state index in [0.29, 0.717) is 6.54 Å². The quantitative estimate of drug-likeness (QED) is 0.716. The second-order valence-electron chi connectivity index (χ2n) is 2.91. The highest BCUT2D eigenvalue weighted by Crippen LogP contribution is 2.14. The van der Waals surface area contributed by atoms with Crippen molar-refractivity contribution in [1.82, 2.24) is 5.32 Å². The topological polar surface area (TPSA) is 32.3 Å². The SMILES string of the molecule is CNCC#Cc1cc(F)c(CO)c(F)c1. The third-order valence-electron chi connectivity index (χ3n) is 1.80. The Bertz CT molecular complexity index is 384. The van der Waals surface area contributed by atoms with Crippen LogP contribution in [0.25, 0.3) is 0 Å². The smallest absolute Gasteiger partial charge is 0.132 e. The lowest BCUT2D eigenvalue weighted by Crippen LogP contribution is -2.04. The van der Waals surface area contributed by atoms with E-state index in [-0.39, 0.29) is 11.1 Å². The van der Waals surface area contributed by atoms with Crippen molar-refractivity contribution in [3.63, 3.8) is 0 Å². The van der Waals surface area contributed by atoms with E-state index >= 15 is 0 Å². The first-order chi connectivity index (χ1) is 7.19. The van der Waals surface area contributed by atoms with Crippen LogP contribution < -0.4 is 5.32 Å². The molecular weight excluding hydrogens is 200 g/mol. The van der Waals surface area contributed by atoms with Crippen molar-refractivity contribution in [3.05, 3.63) is 34.9 Å². The first-order valence-corrected chi connectivity index (χ1v) is 4.41. The Morgan fingerprint density at radius 1 is 1.33 bits per heavy atom. The van der Waals surface area contributed by atoms with E-state index in [4.69, 9.17) is 5.11 Å². The molecule has 0 amide bonds. The number of aliphatic hydroxyl groups is 1. The molecule has 0 fully saturated rings. The second-order valence-corrected chi connectivity index (χ2v) is 2.91. The summed E-state index contributed by atoms with van der Waals surface area (Å²) in [6.07, 6.45) is 0. The van der Waals surface area contributed by atoms with Crippen molar-refractivity contribution in [1.29, 1.82) is 0 Å². The maximum absolute atomic E-state index is 13.1. The van der Waals surface area contributed by atoms with Gasteiger partial charge in [0, 0.05) is 11.1 Å². The molecule has 0 atom stereocenters. The van der Waals surface area contributed by atoms with Crippen molar-refractivity contribution in [2.24, 2.45) is 0 Å². The highest BCUT2D eigenvalue weighted by atomic mass is 19.1. The molecule has 0 saturated carbocycles. The van der Waals surface area contributed by atoms with Gasteiger partial charge in [-0.1, -0.05) is 11.8 Å². The minimum absolute atomic E-state index is 0.262. The van der Waals surface area contributed by atoms with Gasteiger partial charge >= 0.3 is 0 Å². The standard InChI is InChI=1S/C11H11F2NO/c1-14-4-2-3-8-5-10(12)9(7-15)11(13)6-8/h5-6,14-15H,4,7H2,1H3. The highest BCUT2D eigenvalue weighted by Gasteiger charge is 2.08. The molecular formula is C11H11F2NO. The molecule has 0 bridgehead atoms. The molecule has 1 rings (SSSR count). The van der Waals surface area contributed by atoms with E-state index in [1.54, 1.807) is 7.05 Å². The largest absolute Gasteiger partial charge is 0.391 e. The number of hydrogen-bond acceptors (Lipinski definition) is 2. The van der Waals surface area contributed by atoms with E-state index in [2.05, 4.69) is 17.2 Å². The average molecular weight is 211 g/mol. The number of aliphatic hydroxyl groups excluding tert-OH is 1. The average Bonchev–Trinajstić information content (AvgIpc) is 2.18. The van der Waals surface area contributed by atoms with Crippen LogP contribution in [0.3, 0.4) is 0 Å². The summed E-state index contributed by atoms with van der Waals surface area (Å²) in [6, 6.07) is 2.22. The van der Waals surface area contributed by atoms with Gasteiger partial charge in [0.25, 0.3) is 0 Å². The molecule has 0 unspecified atom stereocenters. The van der Waals surface area contributed by atoms with Crippen LogP contribution in [0, 0.1) is 23.5 Å². The van der Waals surface area contributed by atoms with Gasteiger partial charge in [0.15, 0.2) is 0 Å². The van der Waals surface area contributed by atoms with Crippen LogP contribution in [0.1, 0.15) is 11.1 Å². The van der Waals surface area contributed by atoms with Crippen LogP contribution in [0.5, 0.6) is 0 Å². The Hall–Kier alpha value is -1.44. The molecule has 0 aliphatic carbocycles. The minimum Gasteiger partial charge on any atom is -0.391 e. The van der Waals surface area contributed by atoms with Gasteiger partial charge in [0.05, 0.1) is 13.2 Å². The Morgan fingerprint density at radius 3 is 2.40 bits per heavy atom. The van der Waals surface area contributed by atoms with Gasteiger partial charge in [-0.15, -0.1) is 0 Å². The molecule has 0 radical (unpaired) electrons. The van der Waals surface area contributed by atoms with Gasteiger partial charge in [-0.25, -0.2) is 8.78 Å². The molecule has 0 heterocycles. The highest BCUT2D eigenvalue weighted by molar-refractivity contribution is 5.38. The van der Waals surface area contributed by atoms with E-state index in [1.165, 1.54) is 0 Å². The monoisotopic (exact) mass is 211 g/mol. The fourth-order valence-electron chi connectivity index (χ4n) is 1.06. The summed E-state index contributed by atoms with van der Waals surface area (Å²) in [5.74, 6) is 3.75. The minimum atomic E-state index is -0.772. The van der Waals surface area contributed by atoms with Crippen LogP contribution in [0.2, 0.25) is 0 Å². The maximum atomic E-state index is 13.1. The molecule has 0 aromatic heterocycles. The third kappa shape index (κ3) is 3.01. The van der Waals surface area contributed by atoms with Crippen molar-refractivity contribution in [2.75, 3.05) is 13.6 Å². The first-order valence-electron chi connectivity index (χ1n) is 4.41. The summed E-state index contributed by atoms with van der Waals surface area (Å²) in [6.45, 7) is -0.202.